The lowest BCUT2D eigenvalue weighted by Gasteiger charge is -2.22. The normalized spacial score (nSPS) is 20.1. The van der Waals surface area contributed by atoms with E-state index in [-0.39, 0.29) is 5.82 Å². The molecule has 0 fully saturated rings. The number of benzene rings is 1. The first-order valence-electron chi connectivity index (χ1n) is 5.98. The molecule has 1 aliphatic heterocycles. The van der Waals surface area contributed by atoms with E-state index in [1.54, 1.807) is 7.11 Å². The Kier molecular flexibility index (Phi) is 4.29. The van der Waals surface area contributed by atoms with Crippen LogP contribution in [0.15, 0.2) is 30.3 Å². The second-order valence-corrected chi connectivity index (χ2v) is 4.29. The van der Waals surface area contributed by atoms with Gasteiger partial charge in [-0.15, -0.1) is 0 Å². The lowest BCUT2D eigenvalue weighted by molar-refractivity contribution is 0.187. The van der Waals surface area contributed by atoms with Gasteiger partial charge in [-0.3, -0.25) is 0 Å². The fourth-order valence-electron chi connectivity index (χ4n) is 2.11. The molecule has 0 saturated heterocycles. The third-order valence-corrected chi connectivity index (χ3v) is 3.05. The van der Waals surface area contributed by atoms with Crippen LogP contribution in [0.5, 0.6) is 0 Å². The molecule has 17 heavy (non-hydrogen) atoms. The highest BCUT2D eigenvalue weighted by Gasteiger charge is 2.13. The number of hydrogen-bond acceptors (Lipinski definition) is 2. The fraction of sp³-hybridized carbons (Fsp3) is 0.429. The molecule has 1 heterocycles. The minimum Gasteiger partial charge on any atom is -0.385 e. The third-order valence-electron chi connectivity index (χ3n) is 3.05. The highest BCUT2D eigenvalue weighted by Crippen LogP contribution is 2.22. The number of ether oxygens (including phenoxy) is 1. The molecule has 0 bridgehead atoms. The van der Waals surface area contributed by atoms with Crippen LogP contribution in [0.4, 0.5) is 4.39 Å². The molecular weight excluding hydrogens is 217 g/mol. The Balaban J connectivity index is 2.08. The molecule has 1 unspecified atom stereocenters. The molecule has 2 rings (SSSR count). The van der Waals surface area contributed by atoms with E-state index in [4.69, 9.17) is 4.74 Å². The van der Waals surface area contributed by atoms with E-state index in [0.29, 0.717) is 6.04 Å². The van der Waals surface area contributed by atoms with Crippen molar-refractivity contribution in [2.45, 2.75) is 18.9 Å². The predicted octanol–water partition coefficient (Wildman–Crippen LogP) is 2.61. The maximum atomic E-state index is 12.8. The van der Waals surface area contributed by atoms with Crippen LogP contribution in [0.3, 0.4) is 0 Å². The van der Waals surface area contributed by atoms with Gasteiger partial charge >= 0.3 is 0 Å². The van der Waals surface area contributed by atoms with Gasteiger partial charge in [-0.25, -0.2) is 4.39 Å². The Morgan fingerprint density at radius 1 is 1.35 bits per heavy atom. The standard InChI is InChI=1S/C14H18FNO/c1-17-9-7-14-10-12(6-8-16-14)11-2-4-13(15)5-3-11/h2-5,10,14,16H,6-9H2,1H3. The molecular formula is C14H18FNO. The van der Waals surface area contributed by atoms with Gasteiger partial charge in [0.25, 0.3) is 0 Å². The van der Waals surface area contributed by atoms with Crippen LogP contribution in [-0.4, -0.2) is 26.3 Å². The van der Waals surface area contributed by atoms with E-state index in [1.165, 1.54) is 17.7 Å². The first kappa shape index (κ1) is 12.3. The molecule has 1 atom stereocenters. The Hall–Kier alpha value is -1.19. The molecule has 0 aromatic heterocycles. The van der Waals surface area contributed by atoms with Crippen molar-refractivity contribution < 1.29 is 9.13 Å². The Morgan fingerprint density at radius 3 is 2.82 bits per heavy atom. The second-order valence-electron chi connectivity index (χ2n) is 4.29. The molecule has 1 aromatic rings. The van der Waals surface area contributed by atoms with Crippen molar-refractivity contribution in [1.82, 2.24) is 5.32 Å². The Bertz CT molecular complexity index is 386. The molecule has 0 radical (unpaired) electrons. The van der Waals surface area contributed by atoms with E-state index in [2.05, 4.69) is 11.4 Å². The van der Waals surface area contributed by atoms with Gasteiger partial charge in [0.05, 0.1) is 0 Å². The smallest absolute Gasteiger partial charge is 0.123 e. The van der Waals surface area contributed by atoms with E-state index in [0.717, 1.165) is 31.6 Å². The summed E-state index contributed by atoms with van der Waals surface area (Å²) in [5.41, 5.74) is 2.42. The summed E-state index contributed by atoms with van der Waals surface area (Å²) >= 11 is 0. The third kappa shape index (κ3) is 3.38. The van der Waals surface area contributed by atoms with E-state index in [1.807, 2.05) is 12.1 Å². The topological polar surface area (TPSA) is 21.3 Å². The van der Waals surface area contributed by atoms with Gasteiger partial charge in [0.2, 0.25) is 0 Å². The summed E-state index contributed by atoms with van der Waals surface area (Å²) < 4.78 is 17.9. The van der Waals surface area contributed by atoms with Gasteiger partial charge in [-0.05, 0) is 42.7 Å². The zero-order valence-corrected chi connectivity index (χ0v) is 10.1. The van der Waals surface area contributed by atoms with Crippen molar-refractivity contribution in [2.24, 2.45) is 0 Å². The molecule has 0 saturated carbocycles. The zero-order valence-electron chi connectivity index (χ0n) is 10.1. The predicted molar refractivity (Wildman–Crippen MR) is 67.3 cm³/mol. The quantitative estimate of drug-likeness (QED) is 0.866. The van der Waals surface area contributed by atoms with Gasteiger partial charge < -0.3 is 10.1 Å². The molecule has 0 spiro atoms. The van der Waals surface area contributed by atoms with Crippen molar-refractivity contribution in [2.75, 3.05) is 20.3 Å². The maximum Gasteiger partial charge on any atom is 0.123 e. The van der Waals surface area contributed by atoms with Crippen molar-refractivity contribution >= 4 is 5.57 Å². The Labute approximate surface area is 101 Å². The van der Waals surface area contributed by atoms with Crippen LogP contribution in [-0.2, 0) is 4.74 Å². The number of nitrogens with one attached hydrogen (secondary N) is 1. The summed E-state index contributed by atoms with van der Waals surface area (Å²) in [5, 5.41) is 3.43. The van der Waals surface area contributed by atoms with Crippen LogP contribution < -0.4 is 5.32 Å². The van der Waals surface area contributed by atoms with Crippen molar-refractivity contribution in [3.8, 4) is 0 Å². The lowest BCUT2D eigenvalue weighted by Crippen LogP contribution is -2.32. The van der Waals surface area contributed by atoms with Crippen LogP contribution in [0, 0.1) is 5.82 Å². The van der Waals surface area contributed by atoms with Crippen LogP contribution >= 0.6 is 0 Å². The minimum absolute atomic E-state index is 0.181. The van der Waals surface area contributed by atoms with E-state index in [9.17, 15) is 4.39 Å². The summed E-state index contributed by atoms with van der Waals surface area (Å²) in [6.45, 7) is 1.72. The largest absolute Gasteiger partial charge is 0.385 e. The highest BCUT2D eigenvalue weighted by molar-refractivity contribution is 5.67. The minimum atomic E-state index is -0.181. The van der Waals surface area contributed by atoms with Crippen molar-refractivity contribution in [1.29, 1.82) is 0 Å². The molecule has 0 aliphatic carbocycles. The lowest BCUT2D eigenvalue weighted by atomic mass is 9.96. The van der Waals surface area contributed by atoms with Crippen LogP contribution in [0.25, 0.3) is 5.57 Å². The SMILES string of the molecule is COCCC1C=C(c2ccc(F)cc2)CCN1. The van der Waals surface area contributed by atoms with Crippen molar-refractivity contribution in [3.05, 3.63) is 41.7 Å². The summed E-state index contributed by atoms with van der Waals surface area (Å²) in [6.07, 6.45) is 4.20. The molecule has 92 valence electrons. The number of hydrogen-bond donors (Lipinski definition) is 1. The number of methoxy groups -OCH3 is 1. The molecule has 0 amide bonds. The van der Waals surface area contributed by atoms with Gasteiger partial charge in [0.15, 0.2) is 0 Å². The van der Waals surface area contributed by atoms with Crippen LogP contribution in [0.2, 0.25) is 0 Å². The monoisotopic (exact) mass is 235 g/mol. The van der Waals surface area contributed by atoms with E-state index < -0.39 is 0 Å². The summed E-state index contributed by atoms with van der Waals surface area (Å²) in [5.74, 6) is -0.181. The molecule has 2 nitrogen and oxygen atoms in total. The van der Waals surface area contributed by atoms with Crippen LogP contribution in [0.1, 0.15) is 18.4 Å². The summed E-state index contributed by atoms with van der Waals surface area (Å²) in [6, 6.07) is 7.09. The fourth-order valence-corrected chi connectivity index (χ4v) is 2.11. The average molecular weight is 235 g/mol. The molecule has 1 N–H and O–H groups in total. The first-order valence-corrected chi connectivity index (χ1v) is 5.98. The molecule has 1 aromatic carbocycles. The molecule has 3 heteroatoms. The zero-order chi connectivity index (χ0) is 12.1. The number of halogens is 1. The van der Waals surface area contributed by atoms with Gasteiger partial charge in [-0.2, -0.15) is 0 Å². The Morgan fingerprint density at radius 2 is 2.12 bits per heavy atom. The van der Waals surface area contributed by atoms with Gasteiger partial charge in [0, 0.05) is 19.8 Å². The summed E-state index contributed by atoms with van der Waals surface area (Å²) in [7, 11) is 1.72. The summed E-state index contributed by atoms with van der Waals surface area (Å²) in [4.78, 5) is 0. The maximum absolute atomic E-state index is 12.8. The highest BCUT2D eigenvalue weighted by atomic mass is 19.1. The average Bonchev–Trinajstić information content (AvgIpc) is 2.37. The van der Waals surface area contributed by atoms with Gasteiger partial charge in [0.1, 0.15) is 5.82 Å². The van der Waals surface area contributed by atoms with Crippen molar-refractivity contribution in [3.63, 3.8) is 0 Å². The second kappa shape index (κ2) is 5.94. The van der Waals surface area contributed by atoms with Gasteiger partial charge in [-0.1, -0.05) is 18.2 Å². The first-order chi connectivity index (χ1) is 8.29. The van der Waals surface area contributed by atoms with E-state index >= 15 is 0 Å². The molecule has 1 aliphatic rings. The number of rotatable bonds is 4.